The summed E-state index contributed by atoms with van der Waals surface area (Å²) in [7, 11) is 1.35. The third-order valence-corrected chi connectivity index (χ3v) is 4.67. The number of methoxy groups -OCH3 is 1. The van der Waals surface area contributed by atoms with Crippen molar-refractivity contribution in [3.63, 3.8) is 0 Å². The highest BCUT2D eigenvalue weighted by molar-refractivity contribution is 7.13. The molecule has 1 atom stereocenters. The first-order valence-electron chi connectivity index (χ1n) is 7.14. The van der Waals surface area contributed by atoms with Crippen LogP contribution in [-0.2, 0) is 21.6 Å². The minimum absolute atomic E-state index is 0.0849. The van der Waals surface area contributed by atoms with Crippen LogP contribution in [0.15, 0.2) is 41.8 Å². The number of thiophene rings is 1. The van der Waals surface area contributed by atoms with Gasteiger partial charge in [0.2, 0.25) is 0 Å². The Bertz CT molecular complexity index is 686. The van der Waals surface area contributed by atoms with Gasteiger partial charge in [-0.3, -0.25) is 15.4 Å². The van der Waals surface area contributed by atoms with Crippen molar-refractivity contribution >= 4 is 22.3 Å². The van der Waals surface area contributed by atoms with Crippen LogP contribution in [0.1, 0.15) is 24.5 Å². The minimum atomic E-state index is -0.979. The van der Waals surface area contributed by atoms with Gasteiger partial charge < -0.3 is 4.74 Å². The van der Waals surface area contributed by atoms with Crippen LogP contribution in [-0.4, -0.2) is 18.0 Å². The Morgan fingerprint density at radius 2 is 2.09 bits per heavy atom. The molecule has 23 heavy (non-hydrogen) atoms. The van der Waals surface area contributed by atoms with Gasteiger partial charge in [0.05, 0.1) is 12.0 Å². The van der Waals surface area contributed by atoms with Crippen molar-refractivity contribution in [2.24, 2.45) is 0 Å². The summed E-state index contributed by atoms with van der Waals surface area (Å²) < 4.78 is 4.99. The van der Waals surface area contributed by atoms with Crippen molar-refractivity contribution in [1.82, 2.24) is 5.32 Å². The van der Waals surface area contributed by atoms with E-state index in [-0.39, 0.29) is 11.0 Å². The first-order chi connectivity index (χ1) is 11.0. The van der Waals surface area contributed by atoms with Crippen molar-refractivity contribution in [1.29, 1.82) is 0 Å². The number of nitrogens with zero attached hydrogens (tertiary/aromatic N) is 1. The largest absolute Gasteiger partial charge is 0.467 e. The smallest absolute Gasteiger partial charge is 0.330 e. The van der Waals surface area contributed by atoms with Crippen molar-refractivity contribution in [3.8, 4) is 0 Å². The molecular formula is C16H18N2O4S. The fourth-order valence-corrected chi connectivity index (χ4v) is 3.20. The van der Waals surface area contributed by atoms with E-state index in [0.717, 1.165) is 22.5 Å². The van der Waals surface area contributed by atoms with E-state index in [1.807, 2.05) is 37.3 Å². The van der Waals surface area contributed by atoms with Gasteiger partial charge in [0.15, 0.2) is 0 Å². The second kappa shape index (κ2) is 7.34. The molecule has 1 aromatic carbocycles. The molecule has 2 rings (SSSR count). The Kier molecular flexibility index (Phi) is 5.46. The number of carbonyl (C=O) groups is 1. The molecule has 2 aromatic rings. The van der Waals surface area contributed by atoms with Crippen molar-refractivity contribution in [3.05, 3.63) is 63.0 Å². The normalized spacial score (nSPS) is 13.3. The van der Waals surface area contributed by atoms with Crippen LogP contribution in [0.5, 0.6) is 0 Å². The van der Waals surface area contributed by atoms with E-state index in [2.05, 4.69) is 5.32 Å². The lowest BCUT2D eigenvalue weighted by Crippen LogP contribution is -2.49. The van der Waals surface area contributed by atoms with Gasteiger partial charge in [0, 0.05) is 18.0 Å². The molecule has 1 aromatic heterocycles. The maximum atomic E-state index is 12.4. The van der Waals surface area contributed by atoms with Crippen LogP contribution in [0.25, 0.3) is 0 Å². The van der Waals surface area contributed by atoms with E-state index in [4.69, 9.17) is 4.74 Å². The average molecular weight is 334 g/mol. The summed E-state index contributed by atoms with van der Waals surface area (Å²) in [6, 6.07) is 10.8. The molecule has 0 spiro atoms. The SMILES string of the molecule is CC[C@](NCc1csc([N+](=O)[O-])c1)(C(=O)OC)c1ccccc1. The molecule has 0 fully saturated rings. The maximum absolute atomic E-state index is 12.4. The summed E-state index contributed by atoms with van der Waals surface area (Å²) in [5.74, 6) is -0.379. The van der Waals surface area contributed by atoms with E-state index < -0.39 is 10.5 Å². The summed E-state index contributed by atoms with van der Waals surface area (Å²) in [4.78, 5) is 22.8. The summed E-state index contributed by atoms with van der Waals surface area (Å²) in [6.07, 6.45) is 0.496. The highest BCUT2D eigenvalue weighted by atomic mass is 32.1. The third-order valence-electron chi connectivity index (χ3n) is 3.74. The molecule has 0 aliphatic carbocycles. The fourth-order valence-electron chi connectivity index (χ4n) is 2.47. The van der Waals surface area contributed by atoms with Crippen LogP contribution >= 0.6 is 11.3 Å². The molecule has 0 aliphatic rings. The Balaban J connectivity index is 2.27. The third kappa shape index (κ3) is 3.57. The average Bonchev–Trinajstić information content (AvgIpc) is 3.06. The number of nitro groups is 1. The topological polar surface area (TPSA) is 81.5 Å². The standard InChI is InChI=1S/C16H18N2O4S/c1-3-16(15(19)22-2,13-7-5-4-6-8-13)17-10-12-9-14(18(20)21)23-11-12/h4-9,11,17H,3,10H2,1-2H3/t16-/m1/s1. The zero-order chi connectivity index (χ0) is 16.9. The van der Waals surface area contributed by atoms with Gasteiger partial charge in [0.1, 0.15) is 5.54 Å². The van der Waals surface area contributed by atoms with E-state index in [9.17, 15) is 14.9 Å². The van der Waals surface area contributed by atoms with Crippen molar-refractivity contribution in [2.75, 3.05) is 7.11 Å². The van der Waals surface area contributed by atoms with Gasteiger partial charge in [0.25, 0.3) is 0 Å². The summed E-state index contributed by atoms with van der Waals surface area (Å²) in [5.41, 5.74) is 0.589. The molecule has 0 amide bonds. The van der Waals surface area contributed by atoms with E-state index >= 15 is 0 Å². The lowest BCUT2D eigenvalue weighted by atomic mass is 9.87. The van der Waals surface area contributed by atoms with Crippen LogP contribution in [0.3, 0.4) is 0 Å². The van der Waals surface area contributed by atoms with Crippen molar-refractivity contribution < 1.29 is 14.5 Å². The molecule has 0 aliphatic heterocycles. The molecule has 0 saturated heterocycles. The van der Waals surface area contributed by atoms with Gasteiger partial charge in [-0.25, -0.2) is 4.79 Å². The monoisotopic (exact) mass is 334 g/mol. The highest BCUT2D eigenvalue weighted by Gasteiger charge is 2.39. The number of hydrogen-bond donors (Lipinski definition) is 1. The molecule has 7 heteroatoms. The molecule has 1 heterocycles. The summed E-state index contributed by atoms with van der Waals surface area (Å²) in [6.45, 7) is 2.23. The predicted molar refractivity (Wildman–Crippen MR) is 88.2 cm³/mol. The number of carbonyl (C=O) groups excluding carboxylic acids is 1. The Morgan fingerprint density at radius 1 is 1.39 bits per heavy atom. The first-order valence-corrected chi connectivity index (χ1v) is 8.02. The summed E-state index contributed by atoms with van der Waals surface area (Å²) >= 11 is 1.07. The fraction of sp³-hybridized carbons (Fsp3) is 0.312. The van der Waals surface area contributed by atoms with Gasteiger partial charge in [-0.1, -0.05) is 48.6 Å². The van der Waals surface area contributed by atoms with Gasteiger partial charge in [-0.2, -0.15) is 0 Å². The van der Waals surface area contributed by atoms with E-state index in [1.54, 1.807) is 5.38 Å². The molecule has 6 nitrogen and oxygen atoms in total. The van der Waals surface area contributed by atoms with E-state index in [1.165, 1.54) is 13.2 Å². The molecular weight excluding hydrogens is 316 g/mol. The van der Waals surface area contributed by atoms with Crippen LogP contribution in [0, 0.1) is 10.1 Å². The van der Waals surface area contributed by atoms with Gasteiger partial charge >= 0.3 is 11.0 Å². The van der Waals surface area contributed by atoms with E-state index in [0.29, 0.717) is 13.0 Å². The predicted octanol–water partition coefficient (Wildman–Crippen LogP) is 3.22. The zero-order valence-electron chi connectivity index (χ0n) is 12.9. The molecule has 122 valence electrons. The molecule has 0 saturated carbocycles. The molecule has 0 unspecified atom stereocenters. The second-order valence-electron chi connectivity index (χ2n) is 5.02. The summed E-state index contributed by atoms with van der Waals surface area (Å²) in [5, 5.41) is 15.8. The lowest BCUT2D eigenvalue weighted by Gasteiger charge is -2.31. The Hall–Kier alpha value is -2.25. The Labute approximate surface area is 138 Å². The molecule has 0 radical (unpaired) electrons. The first kappa shape index (κ1) is 17.1. The maximum Gasteiger partial charge on any atom is 0.330 e. The Morgan fingerprint density at radius 3 is 2.61 bits per heavy atom. The van der Waals surface area contributed by atoms with Crippen LogP contribution in [0.2, 0.25) is 0 Å². The van der Waals surface area contributed by atoms with Crippen LogP contribution < -0.4 is 5.32 Å². The number of hydrogen-bond acceptors (Lipinski definition) is 6. The highest BCUT2D eigenvalue weighted by Crippen LogP contribution is 2.28. The lowest BCUT2D eigenvalue weighted by molar-refractivity contribution is -0.380. The number of nitrogens with one attached hydrogen (secondary N) is 1. The van der Waals surface area contributed by atoms with Gasteiger partial charge in [-0.05, 0) is 17.5 Å². The number of rotatable bonds is 7. The zero-order valence-corrected chi connectivity index (χ0v) is 13.8. The molecule has 1 N–H and O–H groups in total. The number of esters is 1. The minimum Gasteiger partial charge on any atom is -0.467 e. The second-order valence-corrected chi connectivity index (χ2v) is 5.91. The van der Waals surface area contributed by atoms with Gasteiger partial charge in [-0.15, -0.1) is 0 Å². The van der Waals surface area contributed by atoms with Crippen LogP contribution in [0.4, 0.5) is 5.00 Å². The molecule has 0 bridgehead atoms. The van der Waals surface area contributed by atoms with Crippen molar-refractivity contribution in [2.45, 2.75) is 25.4 Å². The number of benzene rings is 1. The quantitative estimate of drug-likeness (QED) is 0.477. The number of ether oxygens (including phenoxy) is 1.